The van der Waals surface area contributed by atoms with Gasteiger partial charge in [-0.3, -0.25) is 9.69 Å². The van der Waals surface area contributed by atoms with E-state index in [-0.39, 0.29) is 6.04 Å². The molecule has 3 heteroatoms. The highest BCUT2D eigenvalue weighted by Gasteiger charge is 2.22. The monoisotopic (exact) mass is 210 g/mol. The summed E-state index contributed by atoms with van der Waals surface area (Å²) in [5.74, 6) is 0.416. The van der Waals surface area contributed by atoms with Crippen LogP contribution in [0.2, 0.25) is 0 Å². The maximum atomic E-state index is 12.0. The Morgan fingerprint density at radius 3 is 2.73 bits per heavy atom. The third-order valence-corrected chi connectivity index (χ3v) is 3.53. The fraction of sp³-hybridized carbons (Fsp3) is 0.917. The van der Waals surface area contributed by atoms with Crippen LogP contribution in [-0.2, 0) is 4.79 Å². The quantitative estimate of drug-likeness (QED) is 0.759. The molecule has 2 heterocycles. The Kier molecular flexibility index (Phi) is 4.15. The van der Waals surface area contributed by atoms with E-state index in [0.717, 1.165) is 26.1 Å². The molecule has 86 valence electrons. The van der Waals surface area contributed by atoms with Gasteiger partial charge in [0.15, 0.2) is 5.78 Å². The van der Waals surface area contributed by atoms with Crippen LogP contribution in [0.3, 0.4) is 0 Å². The second-order valence-corrected chi connectivity index (χ2v) is 4.81. The standard InChI is InChI=1S/C12H22N2O/c15-12(10-14-8-4-5-9-14)11-6-2-1-3-7-13-11/h11,13H,1-10H2. The van der Waals surface area contributed by atoms with Crippen LogP contribution in [0.25, 0.3) is 0 Å². The molecule has 2 saturated heterocycles. The van der Waals surface area contributed by atoms with E-state index in [0.29, 0.717) is 12.3 Å². The van der Waals surface area contributed by atoms with E-state index in [9.17, 15) is 4.79 Å². The third kappa shape index (κ3) is 3.28. The zero-order chi connectivity index (χ0) is 10.5. The molecule has 0 aromatic carbocycles. The molecule has 0 bridgehead atoms. The summed E-state index contributed by atoms with van der Waals surface area (Å²) in [5, 5.41) is 3.38. The van der Waals surface area contributed by atoms with Crippen LogP contribution in [0.4, 0.5) is 0 Å². The average molecular weight is 210 g/mol. The smallest absolute Gasteiger partial charge is 0.163 e. The van der Waals surface area contributed by atoms with Crippen molar-refractivity contribution in [2.75, 3.05) is 26.2 Å². The highest BCUT2D eigenvalue weighted by molar-refractivity contribution is 5.85. The summed E-state index contributed by atoms with van der Waals surface area (Å²) in [5.41, 5.74) is 0. The van der Waals surface area contributed by atoms with Gasteiger partial charge in [0.25, 0.3) is 0 Å². The lowest BCUT2D eigenvalue weighted by Crippen LogP contribution is -2.41. The molecule has 15 heavy (non-hydrogen) atoms. The first kappa shape index (κ1) is 11.1. The van der Waals surface area contributed by atoms with Crippen LogP contribution in [0.5, 0.6) is 0 Å². The Morgan fingerprint density at radius 2 is 1.93 bits per heavy atom. The summed E-state index contributed by atoms with van der Waals surface area (Å²) in [4.78, 5) is 14.3. The lowest BCUT2D eigenvalue weighted by molar-refractivity contribution is -0.122. The first-order valence-electron chi connectivity index (χ1n) is 6.35. The van der Waals surface area contributed by atoms with E-state index in [2.05, 4.69) is 10.2 Å². The lowest BCUT2D eigenvalue weighted by atomic mass is 10.1. The van der Waals surface area contributed by atoms with Crippen molar-refractivity contribution in [2.45, 2.75) is 44.6 Å². The van der Waals surface area contributed by atoms with Crippen molar-refractivity contribution in [1.82, 2.24) is 10.2 Å². The summed E-state index contributed by atoms with van der Waals surface area (Å²) in [6, 6.07) is 0.146. The van der Waals surface area contributed by atoms with Crippen LogP contribution in [0.15, 0.2) is 0 Å². The molecule has 1 N–H and O–H groups in total. The summed E-state index contributed by atoms with van der Waals surface area (Å²) >= 11 is 0. The van der Waals surface area contributed by atoms with Crippen molar-refractivity contribution >= 4 is 5.78 Å². The molecular weight excluding hydrogens is 188 g/mol. The molecule has 1 unspecified atom stereocenters. The van der Waals surface area contributed by atoms with Crippen LogP contribution in [0, 0.1) is 0 Å². The molecule has 0 spiro atoms. The SMILES string of the molecule is O=C(CN1CCCC1)C1CCCCCN1. The molecule has 2 rings (SSSR count). The predicted molar refractivity (Wildman–Crippen MR) is 60.9 cm³/mol. The normalized spacial score (nSPS) is 28.9. The van der Waals surface area contributed by atoms with Gasteiger partial charge in [-0.25, -0.2) is 0 Å². The number of hydrogen-bond donors (Lipinski definition) is 1. The van der Waals surface area contributed by atoms with Gasteiger partial charge in [-0.2, -0.15) is 0 Å². The molecule has 0 aromatic rings. The van der Waals surface area contributed by atoms with Gasteiger partial charge in [0.2, 0.25) is 0 Å². The highest BCUT2D eigenvalue weighted by atomic mass is 16.1. The molecule has 2 aliphatic rings. The second-order valence-electron chi connectivity index (χ2n) is 4.81. The van der Waals surface area contributed by atoms with Crippen LogP contribution >= 0.6 is 0 Å². The number of nitrogens with zero attached hydrogens (tertiary/aromatic N) is 1. The molecular formula is C12H22N2O. The van der Waals surface area contributed by atoms with Gasteiger partial charge >= 0.3 is 0 Å². The van der Waals surface area contributed by atoms with Gasteiger partial charge in [-0.05, 0) is 45.3 Å². The second kappa shape index (κ2) is 5.61. The number of nitrogens with one attached hydrogen (secondary N) is 1. The van der Waals surface area contributed by atoms with Crippen LogP contribution in [-0.4, -0.2) is 42.9 Å². The highest BCUT2D eigenvalue weighted by Crippen LogP contribution is 2.12. The van der Waals surface area contributed by atoms with Crippen LogP contribution < -0.4 is 5.32 Å². The number of ketones is 1. The molecule has 1 atom stereocenters. The number of carbonyl (C=O) groups excluding carboxylic acids is 1. The van der Waals surface area contributed by atoms with E-state index >= 15 is 0 Å². The molecule has 2 aliphatic heterocycles. The van der Waals surface area contributed by atoms with Crippen molar-refractivity contribution in [3.63, 3.8) is 0 Å². The molecule has 3 nitrogen and oxygen atoms in total. The predicted octanol–water partition coefficient (Wildman–Crippen LogP) is 1.18. The molecule has 0 saturated carbocycles. The van der Waals surface area contributed by atoms with E-state index < -0.39 is 0 Å². The summed E-state index contributed by atoms with van der Waals surface area (Å²) < 4.78 is 0. The summed E-state index contributed by atoms with van der Waals surface area (Å²) in [6.07, 6.45) is 7.31. The fourth-order valence-electron chi connectivity index (χ4n) is 2.57. The first-order valence-corrected chi connectivity index (χ1v) is 6.35. The minimum absolute atomic E-state index is 0.146. The van der Waals surface area contributed by atoms with Crippen molar-refractivity contribution in [3.05, 3.63) is 0 Å². The molecule has 0 aromatic heterocycles. The number of Topliss-reactive ketones (excluding diaryl/α,β-unsaturated/α-hetero) is 1. The van der Waals surface area contributed by atoms with E-state index in [1.54, 1.807) is 0 Å². The van der Waals surface area contributed by atoms with Gasteiger partial charge in [-0.15, -0.1) is 0 Å². The Balaban J connectivity index is 1.77. The number of carbonyl (C=O) groups is 1. The largest absolute Gasteiger partial charge is 0.307 e. The molecule has 0 radical (unpaired) electrons. The minimum Gasteiger partial charge on any atom is -0.307 e. The number of likely N-dealkylation sites (tertiary alicyclic amines) is 1. The van der Waals surface area contributed by atoms with Gasteiger partial charge in [0.1, 0.15) is 0 Å². The molecule has 0 amide bonds. The molecule has 2 fully saturated rings. The van der Waals surface area contributed by atoms with Crippen molar-refractivity contribution in [1.29, 1.82) is 0 Å². The maximum absolute atomic E-state index is 12.0. The van der Waals surface area contributed by atoms with Gasteiger partial charge in [0.05, 0.1) is 12.6 Å². The average Bonchev–Trinajstić information content (AvgIpc) is 2.58. The number of hydrogen-bond acceptors (Lipinski definition) is 3. The summed E-state index contributed by atoms with van der Waals surface area (Å²) in [7, 11) is 0. The van der Waals surface area contributed by atoms with Crippen LogP contribution in [0.1, 0.15) is 38.5 Å². The Morgan fingerprint density at radius 1 is 1.13 bits per heavy atom. The van der Waals surface area contributed by atoms with E-state index in [4.69, 9.17) is 0 Å². The molecule has 0 aliphatic carbocycles. The lowest BCUT2D eigenvalue weighted by Gasteiger charge is -2.19. The zero-order valence-corrected chi connectivity index (χ0v) is 9.50. The Bertz CT molecular complexity index is 204. The topological polar surface area (TPSA) is 32.3 Å². The van der Waals surface area contributed by atoms with Crippen molar-refractivity contribution in [3.8, 4) is 0 Å². The third-order valence-electron chi connectivity index (χ3n) is 3.53. The van der Waals surface area contributed by atoms with Crippen molar-refractivity contribution < 1.29 is 4.79 Å². The van der Waals surface area contributed by atoms with E-state index in [1.807, 2.05) is 0 Å². The van der Waals surface area contributed by atoms with Gasteiger partial charge in [0, 0.05) is 0 Å². The fourth-order valence-corrected chi connectivity index (χ4v) is 2.57. The minimum atomic E-state index is 0.146. The number of rotatable bonds is 3. The Labute approximate surface area is 92.2 Å². The van der Waals surface area contributed by atoms with Gasteiger partial charge < -0.3 is 5.32 Å². The first-order chi connectivity index (χ1) is 7.36. The summed E-state index contributed by atoms with van der Waals surface area (Å²) in [6.45, 7) is 3.95. The Hall–Kier alpha value is -0.410. The van der Waals surface area contributed by atoms with E-state index in [1.165, 1.54) is 32.1 Å². The van der Waals surface area contributed by atoms with Gasteiger partial charge in [-0.1, -0.05) is 12.8 Å². The zero-order valence-electron chi connectivity index (χ0n) is 9.50. The maximum Gasteiger partial charge on any atom is 0.163 e. The van der Waals surface area contributed by atoms with Crippen molar-refractivity contribution in [2.24, 2.45) is 0 Å².